The standard InChI is InChI=1S/C19H18F3N3O2S/c1-11-9-14-15(24-18(19(20,21)22)25-16(14)28-11)23-8-4-6-12-5-3-7-13(10-12)17(26)27-2/h3,5,7,9-10H,4,6,8H2,1-2H3,(H,23,24,25). The Morgan fingerprint density at radius 2 is 2.04 bits per heavy atom. The molecular formula is C19H18F3N3O2S. The number of rotatable bonds is 6. The fourth-order valence-corrected chi connectivity index (χ4v) is 3.65. The number of hydrogen-bond acceptors (Lipinski definition) is 6. The molecule has 5 nitrogen and oxygen atoms in total. The lowest BCUT2D eigenvalue weighted by Crippen LogP contribution is -2.14. The molecule has 0 aliphatic rings. The van der Waals surface area contributed by atoms with E-state index in [4.69, 9.17) is 4.74 Å². The fraction of sp³-hybridized carbons (Fsp3) is 0.316. The number of aryl methyl sites for hydroxylation is 2. The number of halogens is 3. The van der Waals surface area contributed by atoms with E-state index in [2.05, 4.69) is 15.3 Å². The van der Waals surface area contributed by atoms with Crippen LogP contribution in [0.15, 0.2) is 30.3 Å². The molecule has 0 radical (unpaired) electrons. The van der Waals surface area contributed by atoms with Crippen molar-refractivity contribution in [2.45, 2.75) is 25.9 Å². The van der Waals surface area contributed by atoms with Crippen molar-refractivity contribution in [3.05, 3.63) is 52.2 Å². The molecule has 0 aliphatic carbocycles. The summed E-state index contributed by atoms with van der Waals surface area (Å²) in [6.45, 7) is 2.25. The number of methoxy groups -OCH3 is 1. The minimum absolute atomic E-state index is 0.185. The Morgan fingerprint density at radius 1 is 1.25 bits per heavy atom. The number of hydrogen-bond donors (Lipinski definition) is 1. The van der Waals surface area contributed by atoms with Crippen molar-refractivity contribution in [2.75, 3.05) is 19.0 Å². The smallest absolute Gasteiger partial charge is 0.451 e. The summed E-state index contributed by atoms with van der Waals surface area (Å²) in [5, 5.41) is 3.58. The summed E-state index contributed by atoms with van der Waals surface area (Å²) in [5.74, 6) is -1.36. The summed E-state index contributed by atoms with van der Waals surface area (Å²) in [7, 11) is 1.32. The molecule has 9 heteroatoms. The molecule has 3 rings (SSSR count). The molecule has 148 valence electrons. The predicted molar refractivity (Wildman–Crippen MR) is 102 cm³/mol. The zero-order valence-electron chi connectivity index (χ0n) is 15.3. The minimum atomic E-state index is -4.60. The van der Waals surface area contributed by atoms with E-state index < -0.39 is 18.0 Å². The number of carbonyl (C=O) groups is 1. The van der Waals surface area contributed by atoms with Gasteiger partial charge in [-0.05, 0) is 43.5 Å². The van der Waals surface area contributed by atoms with Crippen LogP contribution in [-0.2, 0) is 17.3 Å². The second kappa shape index (κ2) is 8.14. The van der Waals surface area contributed by atoms with Gasteiger partial charge in [0.2, 0.25) is 5.82 Å². The van der Waals surface area contributed by atoms with E-state index in [0.29, 0.717) is 35.2 Å². The molecule has 2 heterocycles. The number of fused-ring (bicyclic) bond motifs is 1. The number of benzene rings is 1. The Kier molecular flexibility index (Phi) is 5.83. The van der Waals surface area contributed by atoms with Crippen molar-refractivity contribution < 1.29 is 22.7 Å². The lowest BCUT2D eigenvalue weighted by atomic mass is 10.1. The molecule has 0 saturated heterocycles. The maximum Gasteiger partial charge on any atom is 0.451 e. The van der Waals surface area contributed by atoms with Crippen LogP contribution in [0.5, 0.6) is 0 Å². The number of alkyl halides is 3. The summed E-state index contributed by atoms with van der Waals surface area (Å²) in [5.41, 5.74) is 1.41. The molecule has 2 aromatic heterocycles. The van der Waals surface area contributed by atoms with Gasteiger partial charge in [-0.15, -0.1) is 11.3 Å². The largest absolute Gasteiger partial charge is 0.465 e. The van der Waals surface area contributed by atoms with E-state index in [-0.39, 0.29) is 5.82 Å². The van der Waals surface area contributed by atoms with Crippen molar-refractivity contribution >= 4 is 33.3 Å². The van der Waals surface area contributed by atoms with Gasteiger partial charge in [-0.25, -0.2) is 14.8 Å². The quantitative estimate of drug-likeness (QED) is 0.466. The van der Waals surface area contributed by atoms with E-state index in [9.17, 15) is 18.0 Å². The van der Waals surface area contributed by atoms with Crippen LogP contribution in [0.2, 0.25) is 0 Å². The molecule has 0 unspecified atom stereocenters. The van der Waals surface area contributed by atoms with Crippen molar-refractivity contribution in [2.24, 2.45) is 0 Å². The SMILES string of the molecule is COC(=O)c1cccc(CCCNc2nc(C(F)(F)F)nc3sc(C)cc23)c1. The molecule has 0 saturated carbocycles. The van der Waals surface area contributed by atoms with Gasteiger partial charge in [0.25, 0.3) is 0 Å². The summed E-state index contributed by atoms with van der Waals surface area (Å²) in [6, 6.07) is 8.86. The van der Waals surface area contributed by atoms with E-state index in [1.54, 1.807) is 24.3 Å². The van der Waals surface area contributed by atoms with Crippen LogP contribution < -0.4 is 5.32 Å². The molecule has 0 atom stereocenters. The van der Waals surface area contributed by atoms with Gasteiger partial charge < -0.3 is 10.1 Å². The fourth-order valence-electron chi connectivity index (χ4n) is 2.77. The number of anilines is 1. The summed E-state index contributed by atoms with van der Waals surface area (Å²) < 4.78 is 43.9. The monoisotopic (exact) mass is 409 g/mol. The molecule has 1 N–H and O–H groups in total. The van der Waals surface area contributed by atoms with Gasteiger partial charge in [-0.2, -0.15) is 13.2 Å². The maximum atomic E-state index is 13.1. The first-order valence-corrected chi connectivity index (χ1v) is 9.36. The molecular weight excluding hydrogens is 391 g/mol. The van der Waals surface area contributed by atoms with Gasteiger partial charge in [-0.1, -0.05) is 12.1 Å². The van der Waals surface area contributed by atoms with Crippen molar-refractivity contribution in [3.63, 3.8) is 0 Å². The lowest BCUT2D eigenvalue weighted by Gasteiger charge is -2.10. The Bertz CT molecular complexity index is 1000. The number of nitrogens with one attached hydrogen (secondary N) is 1. The second-order valence-electron chi connectivity index (χ2n) is 6.19. The third-order valence-corrected chi connectivity index (χ3v) is 5.00. The van der Waals surface area contributed by atoms with Crippen LogP contribution >= 0.6 is 11.3 Å². The van der Waals surface area contributed by atoms with Gasteiger partial charge in [0.05, 0.1) is 18.1 Å². The Morgan fingerprint density at radius 3 is 2.75 bits per heavy atom. The van der Waals surface area contributed by atoms with Gasteiger partial charge in [0.1, 0.15) is 10.6 Å². The summed E-state index contributed by atoms with van der Waals surface area (Å²) in [4.78, 5) is 20.1. The zero-order valence-corrected chi connectivity index (χ0v) is 16.1. The van der Waals surface area contributed by atoms with Crippen molar-refractivity contribution in [1.29, 1.82) is 0 Å². The van der Waals surface area contributed by atoms with Crippen LogP contribution in [0.1, 0.15) is 33.0 Å². The van der Waals surface area contributed by atoms with Crippen LogP contribution in [0, 0.1) is 6.92 Å². The highest BCUT2D eigenvalue weighted by atomic mass is 32.1. The third-order valence-electron chi connectivity index (χ3n) is 4.05. The van der Waals surface area contributed by atoms with Gasteiger partial charge >= 0.3 is 12.1 Å². The maximum absolute atomic E-state index is 13.1. The summed E-state index contributed by atoms with van der Waals surface area (Å²) >= 11 is 1.20. The van der Waals surface area contributed by atoms with E-state index >= 15 is 0 Å². The molecule has 0 fully saturated rings. The Balaban J connectivity index is 1.69. The normalized spacial score (nSPS) is 11.6. The summed E-state index contributed by atoms with van der Waals surface area (Å²) in [6.07, 6.45) is -3.29. The first-order chi connectivity index (χ1) is 13.3. The average molecular weight is 409 g/mol. The van der Waals surface area contributed by atoms with Crippen LogP contribution in [0.4, 0.5) is 19.0 Å². The highest BCUT2D eigenvalue weighted by Crippen LogP contribution is 2.33. The number of nitrogens with zero attached hydrogens (tertiary/aromatic N) is 2. The highest BCUT2D eigenvalue weighted by Gasteiger charge is 2.35. The average Bonchev–Trinajstić information content (AvgIpc) is 3.04. The van der Waals surface area contributed by atoms with Crippen molar-refractivity contribution in [3.8, 4) is 0 Å². The molecule has 1 aromatic carbocycles. The van der Waals surface area contributed by atoms with Gasteiger partial charge in [0.15, 0.2) is 0 Å². The van der Waals surface area contributed by atoms with E-state index in [1.807, 2.05) is 13.0 Å². The van der Waals surface area contributed by atoms with Crippen molar-refractivity contribution in [1.82, 2.24) is 9.97 Å². The molecule has 0 aliphatic heterocycles. The predicted octanol–water partition coefficient (Wildman–Crippen LogP) is 4.85. The second-order valence-corrected chi connectivity index (χ2v) is 7.43. The molecule has 3 aromatic rings. The van der Waals surface area contributed by atoms with E-state index in [1.165, 1.54) is 18.4 Å². The third kappa shape index (κ3) is 4.59. The topological polar surface area (TPSA) is 64.1 Å². The molecule has 0 bridgehead atoms. The number of carbonyl (C=O) groups excluding carboxylic acids is 1. The molecule has 0 amide bonds. The highest BCUT2D eigenvalue weighted by molar-refractivity contribution is 7.18. The lowest BCUT2D eigenvalue weighted by molar-refractivity contribution is -0.144. The van der Waals surface area contributed by atoms with Gasteiger partial charge in [-0.3, -0.25) is 0 Å². The molecule has 28 heavy (non-hydrogen) atoms. The zero-order chi connectivity index (χ0) is 20.3. The number of ether oxygens (including phenoxy) is 1. The first kappa shape index (κ1) is 20.1. The van der Waals surface area contributed by atoms with Crippen LogP contribution in [0.25, 0.3) is 10.2 Å². The number of esters is 1. The Hall–Kier alpha value is -2.68. The first-order valence-electron chi connectivity index (χ1n) is 8.54. The van der Waals surface area contributed by atoms with Crippen LogP contribution in [0.3, 0.4) is 0 Å². The van der Waals surface area contributed by atoms with Crippen LogP contribution in [-0.4, -0.2) is 29.6 Å². The Labute approximate surface area is 163 Å². The molecule has 0 spiro atoms. The van der Waals surface area contributed by atoms with E-state index in [0.717, 1.165) is 10.4 Å². The number of aromatic nitrogens is 2. The number of thiophene rings is 1. The minimum Gasteiger partial charge on any atom is -0.465 e. The van der Waals surface area contributed by atoms with Gasteiger partial charge in [0, 0.05) is 11.4 Å².